The normalized spacial score (nSPS) is 18.8. The van der Waals surface area contributed by atoms with Crippen LogP contribution in [0.3, 0.4) is 0 Å². The highest BCUT2D eigenvalue weighted by molar-refractivity contribution is 6.07. The van der Waals surface area contributed by atoms with Crippen LogP contribution in [-0.4, -0.2) is 22.8 Å². The molecule has 2 heterocycles. The molecule has 0 saturated carbocycles. The molecule has 38 heavy (non-hydrogen) atoms. The number of anilines is 2. The van der Waals surface area contributed by atoms with Crippen molar-refractivity contribution in [2.24, 2.45) is 5.41 Å². The minimum atomic E-state index is -5.26. The van der Waals surface area contributed by atoms with Crippen molar-refractivity contribution in [3.63, 3.8) is 0 Å². The van der Waals surface area contributed by atoms with Gasteiger partial charge in [0.2, 0.25) is 0 Å². The highest BCUT2D eigenvalue weighted by Gasteiger charge is 2.51. The number of para-hydroxylation sites is 3. The summed E-state index contributed by atoms with van der Waals surface area (Å²) in [6.07, 6.45) is -4.88. The Labute approximate surface area is 214 Å². The summed E-state index contributed by atoms with van der Waals surface area (Å²) in [7, 11) is 0. The van der Waals surface area contributed by atoms with Crippen molar-refractivity contribution in [3.05, 3.63) is 87.8 Å². The number of nitrogens with one attached hydrogen (secondary N) is 1. The monoisotopic (exact) mass is 525 g/mol. The number of amides is 1. The second kappa shape index (κ2) is 8.86. The molecule has 1 N–H and O–H groups in total. The van der Waals surface area contributed by atoms with Crippen LogP contribution < -0.4 is 10.2 Å². The molecule has 0 spiro atoms. The molecule has 2 aromatic carbocycles. The molecule has 0 saturated heterocycles. The van der Waals surface area contributed by atoms with E-state index in [1.807, 2.05) is 13.8 Å². The van der Waals surface area contributed by atoms with Gasteiger partial charge in [0.15, 0.2) is 5.78 Å². The number of hydrogen-bond donors (Lipinski definition) is 1. The number of rotatable bonds is 3. The van der Waals surface area contributed by atoms with E-state index in [-0.39, 0.29) is 46.1 Å². The average Bonchev–Trinajstić information content (AvgIpc) is 3.26. The Kier molecular flexibility index (Phi) is 5.89. The summed E-state index contributed by atoms with van der Waals surface area (Å²) < 4.78 is 47.9. The van der Waals surface area contributed by atoms with Crippen molar-refractivity contribution in [1.82, 2.24) is 0 Å². The molecule has 1 amide bonds. The quantitative estimate of drug-likeness (QED) is 0.307. The summed E-state index contributed by atoms with van der Waals surface area (Å²) in [5.41, 5.74) is -0.106. The number of ketones is 1. The molecular weight excluding hydrogens is 503 g/mol. The summed E-state index contributed by atoms with van der Waals surface area (Å²) in [6, 6.07) is 12.9. The summed E-state index contributed by atoms with van der Waals surface area (Å²) in [5.74, 6) is -2.71. The number of nitro groups is 1. The Balaban J connectivity index is 1.77. The number of nitro benzene ring substituents is 1. The maximum atomic E-state index is 14.0. The number of alkyl halides is 3. The van der Waals surface area contributed by atoms with E-state index in [4.69, 9.17) is 4.42 Å². The number of halogens is 3. The smallest absolute Gasteiger partial charge is 0.458 e. The number of allylic oxidation sites excluding steroid dienone is 1. The molecule has 0 radical (unpaired) electrons. The first-order chi connectivity index (χ1) is 17.9. The van der Waals surface area contributed by atoms with Crippen molar-refractivity contribution in [1.29, 1.82) is 0 Å². The lowest BCUT2D eigenvalue weighted by Crippen LogP contribution is -2.45. The lowest BCUT2D eigenvalue weighted by molar-refractivity contribution is -0.384. The Hall–Kier alpha value is -4.41. The van der Waals surface area contributed by atoms with Gasteiger partial charge in [-0.2, -0.15) is 13.2 Å². The lowest BCUT2D eigenvalue weighted by Gasteiger charge is -2.36. The SMILES string of the molecule is CC1(C)CC(=O)C2=C(C1)Nc1ccccc1N(C(=O)C(F)(F)F)[C@@H]2c1ccc(-c2ccccc2[N+](=O)[O-])o1. The predicted octanol–water partition coefficient (Wildman–Crippen LogP) is 6.56. The zero-order valence-corrected chi connectivity index (χ0v) is 20.3. The van der Waals surface area contributed by atoms with E-state index in [0.29, 0.717) is 17.0 Å². The minimum Gasteiger partial charge on any atom is -0.458 e. The van der Waals surface area contributed by atoms with Crippen molar-refractivity contribution in [2.45, 2.75) is 38.9 Å². The van der Waals surface area contributed by atoms with E-state index in [2.05, 4.69) is 5.32 Å². The van der Waals surface area contributed by atoms with Crippen molar-refractivity contribution in [3.8, 4) is 11.3 Å². The van der Waals surface area contributed by atoms with E-state index in [0.717, 1.165) is 0 Å². The number of carbonyl (C=O) groups excluding carboxylic acids is 2. The third-order valence-electron chi connectivity index (χ3n) is 6.62. The number of Topliss-reactive ketones (excluding diaryl/α,β-unsaturated/α-hetero) is 1. The average molecular weight is 525 g/mol. The number of furan rings is 1. The zero-order chi connectivity index (χ0) is 27.4. The van der Waals surface area contributed by atoms with Gasteiger partial charge in [-0.05, 0) is 42.2 Å². The number of nitrogens with zero attached hydrogens (tertiary/aromatic N) is 2. The van der Waals surface area contributed by atoms with Crippen LogP contribution in [0.1, 0.15) is 38.5 Å². The van der Waals surface area contributed by atoms with Crippen molar-refractivity contribution >= 4 is 28.8 Å². The van der Waals surface area contributed by atoms with Gasteiger partial charge in [0, 0.05) is 23.8 Å². The van der Waals surface area contributed by atoms with Crippen LogP contribution in [0.5, 0.6) is 0 Å². The van der Waals surface area contributed by atoms with E-state index in [9.17, 15) is 32.9 Å². The standard InChI is InChI=1S/C27H22F3N3O5/c1-26(2)13-17-23(20(34)14-26)24(22-12-11-21(38-22)15-7-3-5-9-18(15)33(36)37)32(25(35)27(28,29)30)19-10-6-4-8-16(19)31-17/h3-12,24,31H,13-14H2,1-2H3/t24-/m1/s1. The van der Waals surface area contributed by atoms with Crippen LogP contribution in [0.4, 0.5) is 30.2 Å². The largest absolute Gasteiger partial charge is 0.471 e. The molecule has 1 aromatic heterocycles. The first-order valence-electron chi connectivity index (χ1n) is 11.7. The molecule has 0 bridgehead atoms. The summed E-state index contributed by atoms with van der Waals surface area (Å²) in [5, 5.41) is 14.7. The van der Waals surface area contributed by atoms with Gasteiger partial charge in [-0.1, -0.05) is 38.1 Å². The summed E-state index contributed by atoms with van der Waals surface area (Å²) >= 11 is 0. The molecule has 196 valence electrons. The van der Waals surface area contributed by atoms with Gasteiger partial charge in [-0.25, -0.2) is 0 Å². The molecule has 1 atom stereocenters. The van der Waals surface area contributed by atoms with Gasteiger partial charge >= 0.3 is 12.1 Å². The fourth-order valence-corrected chi connectivity index (χ4v) is 5.10. The predicted molar refractivity (Wildman–Crippen MR) is 132 cm³/mol. The Morgan fingerprint density at radius 3 is 2.47 bits per heavy atom. The molecule has 0 unspecified atom stereocenters. The third kappa shape index (κ3) is 4.33. The van der Waals surface area contributed by atoms with Gasteiger partial charge in [-0.15, -0.1) is 0 Å². The Morgan fingerprint density at radius 1 is 1.08 bits per heavy atom. The van der Waals surface area contributed by atoms with Gasteiger partial charge < -0.3 is 9.73 Å². The molecule has 1 aliphatic carbocycles. The zero-order valence-electron chi connectivity index (χ0n) is 20.3. The summed E-state index contributed by atoms with van der Waals surface area (Å²) in [4.78, 5) is 38.0. The van der Waals surface area contributed by atoms with Gasteiger partial charge in [0.25, 0.3) is 5.69 Å². The maximum Gasteiger partial charge on any atom is 0.471 e. The van der Waals surface area contributed by atoms with Crippen LogP contribution in [0.25, 0.3) is 11.3 Å². The summed E-state index contributed by atoms with van der Waals surface area (Å²) in [6.45, 7) is 3.75. The maximum absolute atomic E-state index is 14.0. The second-order valence-electron chi connectivity index (χ2n) is 10.0. The van der Waals surface area contributed by atoms with Crippen molar-refractivity contribution in [2.75, 3.05) is 10.2 Å². The minimum absolute atomic E-state index is 0.0124. The van der Waals surface area contributed by atoms with E-state index < -0.39 is 34.2 Å². The Morgan fingerprint density at radius 2 is 1.76 bits per heavy atom. The van der Waals surface area contributed by atoms with Crippen LogP contribution >= 0.6 is 0 Å². The lowest BCUT2D eigenvalue weighted by atomic mass is 9.74. The van der Waals surface area contributed by atoms with Crippen LogP contribution in [0, 0.1) is 15.5 Å². The number of fused-ring (bicyclic) bond motifs is 1. The van der Waals surface area contributed by atoms with Crippen LogP contribution in [0.2, 0.25) is 0 Å². The third-order valence-corrected chi connectivity index (χ3v) is 6.62. The number of carbonyl (C=O) groups is 2. The fourth-order valence-electron chi connectivity index (χ4n) is 5.10. The van der Waals surface area contributed by atoms with E-state index in [1.54, 1.807) is 12.1 Å². The first kappa shape index (κ1) is 25.2. The van der Waals surface area contributed by atoms with Gasteiger partial charge in [-0.3, -0.25) is 24.6 Å². The van der Waals surface area contributed by atoms with Crippen molar-refractivity contribution < 1.29 is 32.1 Å². The number of benzene rings is 2. The molecule has 1 aliphatic heterocycles. The van der Waals surface area contributed by atoms with Gasteiger partial charge in [0.05, 0.1) is 21.9 Å². The molecule has 0 fully saturated rings. The van der Waals surface area contributed by atoms with Gasteiger partial charge in [0.1, 0.15) is 17.6 Å². The highest BCUT2D eigenvalue weighted by atomic mass is 19.4. The molecule has 11 heteroatoms. The second-order valence-corrected chi connectivity index (χ2v) is 10.0. The van der Waals surface area contributed by atoms with Crippen LogP contribution in [0.15, 0.2) is 76.4 Å². The number of hydrogen-bond acceptors (Lipinski definition) is 6. The highest BCUT2D eigenvalue weighted by Crippen LogP contribution is 2.50. The van der Waals surface area contributed by atoms with Crippen LogP contribution in [-0.2, 0) is 9.59 Å². The van der Waals surface area contributed by atoms with E-state index >= 15 is 0 Å². The first-order valence-corrected chi connectivity index (χ1v) is 11.7. The molecule has 8 nitrogen and oxygen atoms in total. The molecule has 2 aliphatic rings. The molecule has 3 aromatic rings. The van der Waals surface area contributed by atoms with E-state index in [1.165, 1.54) is 48.5 Å². The molecule has 5 rings (SSSR count). The topological polar surface area (TPSA) is 106 Å². The Bertz CT molecular complexity index is 1510. The fraction of sp³-hybridized carbons (Fsp3) is 0.259. The molecular formula is C27H22F3N3O5.